The highest BCUT2D eigenvalue weighted by molar-refractivity contribution is 7.92. The van der Waals surface area contributed by atoms with Crippen LogP contribution in [0.25, 0.3) is 11.1 Å². The lowest BCUT2D eigenvalue weighted by atomic mass is 10.0. The molecule has 0 spiro atoms. The number of methoxy groups -OCH3 is 1. The molecule has 1 aromatic carbocycles. The Balaban J connectivity index is 2.40. The molecule has 1 amide bonds. The smallest absolute Gasteiger partial charge is 0.264 e. The van der Waals surface area contributed by atoms with Gasteiger partial charge in [0, 0.05) is 42.3 Å². The highest BCUT2D eigenvalue weighted by Gasteiger charge is 2.43. The lowest BCUT2D eigenvalue weighted by molar-refractivity contribution is -0.131. The van der Waals surface area contributed by atoms with Crippen LogP contribution in [0.15, 0.2) is 35.3 Å². The molecule has 1 unspecified atom stereocenters. The van der Waals surface area contributed by atoms with Gasteiger partial charge in [-0.3, -0.25) is 14.8 Å². The normalized spacial score (nSPS) is 13.6. The van der Waals surface area contributed by atoms with Crippen LogP contribution in [-0.2, 0) is 21.2 Å². The molecule has 0 saturated carbocycles. The van der Waals surface area contributed by atoms with Crippen LogP contribution in [0, 0.1) is 11.6 Å². The second-order valence-corrected chi connectivity index (χ2v) is 9.05. The van der Waals surface area contributed by atoms with Gasteiger partial charge >= 0.3 is 0 Å². The topological polar surface area (TPSA) is 115 Å². The van der Waals surface area contributed by atoms with Gasteiger partial charge < -0.3 is 9.30 Å². The van der Waals surface area contributed by atoms with Crippen molar-refractivity contribution in [2.75, 3.05) is 13.4 Å². The van der Waals surface area contributed by atoms with Gasteiger partial charge in [-0.15, -0.1) is 0 Å². The van der Waals surface area contributed by atoms with E-state index in [9.17, 15) is 26.8 Å². The first-order valence-corrected chi connectivity index (χ1v) is 10.2. The third kappa shape index (κ3) is 4.46. The maximum Gasteiger partial charge on any atom is 0.264 e. The first kappa shape index (κ1) is 22.5. The minimum atomic E-state index is -3.97. The lowest BCUT2D eigenvalue weighted by Crippen LogP contribution is -2.50. The number of nitrogens with zero attached hydrogens (tertiary/aromatic N) is 1. The molecule has 0 aliphatic rings. The third-order valence-electron chi connectivity index (χ3n) is 4.77. The van der Waals surface area contributed by atoms with E-state index < -0.39 is 44.1 Å². The summed E-state index contributed by atoms with van der Waals surface area (Å²) >= 11 is 0. The summed E-state index contributed by atoms with van der Waals surface area (Å²) in [5, 5.41) is 8.82. The van der Waals surface area contributed by atoms with E-state index in [4.69, 9.17) is 9.94 Å². The predicted octanol–water partition coefficient (Wildman–Crippen LogP) is 1.50. The van der Waals surface area contributed by atoms with Gasteiger partial charge in [-0.2, -0.15) is 0 Å². The molecule has 0 saturated heterocycles. The summed E-state index contributed by atoms with van der Waals surface area (Å²) < 4.78 is 56.4. The Bertz CT molecular complexity index is 1100. The molecule has 0 bridgehead atoms. The Morgan fingerprint density at radius 1 is 1.24 bits per heavy atom. The van der Waals surface area contributed by atoms with E-state index in [1.165, 1.54) is 24.7 Å². The van der Waals surface area contributed by atoms with Crippen molar-refractivity contribution in [2.24, 2.45) is 0 Å². The fraction of sp³-hybridized carbons (Fsp3) is 0.333. The van der Waals surface area contributed by atoms with E-state index in [0.717, 1.165) is 36.1 Å². The number of hydrogen-bond donors (Lipinski definition) is 2. The van der Waals surface area contributed by atoms with Crippen LogP contribution in [0.1, 0.15) is 13.3 Å². The molecule has 1 aromatic heterocycles. The number of rotatable bonds is 7. The van der Waals surface area contributed by atoms with Crippen LogP contribution in [0.4, 0.5) is 8.78 Å². The molecule has 0 aliphatic heterocycles. The zero-order valence-electron chi connectivity index (χ0n) is 15.9. The summed E-state index contributed by atoms with van der Waals surface area (Å²) in [6.45, 7) is 0.745. The number of carbonyl (C=O) groups excluding carboxylic acids is 1. The molecule has 0 radical (unpaired) electrons. The van der Waals surface area contributed by atoms with Crippen molar-refractivity contribution >= 4 is 15.7 Å². The van der Waals surface area contributed by atoms with Gasteiger partial charge in [0.15, 0.2) is 14.6 Å². The van der Waals surface area contributed by atoms with Crippen molar-refractivity contribution in [3.05, 3.63) is 52.5 Å². The number of hydrogen-bond acceptors (Lipinski definition) is 6. The highest BCUT2D eigenvalue weighted by Crippen LogP contribution is 2.28. The van der Waals surface area contributed by atoms with Crippen molar-refractivity contribution in [1.29, 1.82) is 0 Å². The Labute approximate surface area is 165 Å². The average Bonchev–Trinajstić information content (AvgIpc) is 2.66. The van der Waals surface area contributed by atoms with E-state index in [1.54, 1.807) is 0 Å². The summed E-state index contributed by atoms with van der Waals surface area (Å²) in [7, 11) is -2.63. The van der Waals surface area contributed by atoms with Gasteiger partial charge in [-0.1, -0.05) is 0 Å². The van der Waals surface area contributed by atoms with Gasteiger partial charge in [0.2, 0.25) is 0 Å². The summed E-state index contributed by atoms with van der Waals surface area (Å²) in [6, 6.07) is 4.60. The number of carbonyl (C=O) groups is 1. The average molecular weight is 430 g/mol. The highest BCUT2D eigenvalue weighted by atomic mass is 32.2. The predicted molar refractivity (Wildman–Crippen MR) is 100 cm³/mol. The Morgan fingerprint density at radius 2 is 1.90 bits per heavy atom. The number of benzene rings is 1. The SMILES string of the molecule is COc1ccc(-c2cc(=O)n(CCC(C)(C(=O)NO)S(C)(=O)=O)cc2F)c(F)c1. The quantitative estimate of drug-likeness (QED) is 0.508. The van der Waals surface area contributed by atoms with Crippen molar-refractivity contribution < 1.29 is 31.9 Å². The molecular formula is C18H20F2N2O6S. The number of sulfone groups is 1. The third-order valence-corrected chi connectivity index (χ3v) is 6.80. The monoisotopic (exact) mass is 430 g/mol. The van der Waals surface area contributed by atoms with E-state index in [2.05, 4.69) is 0 Å². The van der Waals surface area contributed by atoms with E-state index in [0.29, 0.717) is 0 Å². The van der Waals surface area contributed by atoms with E-state index >= 15 is 0 Å². The summed E-state index contributed by atoms with van der Waals surface area (Å²) in [5.41, 5.74) is 0.146. The van der Waals surface area contributed by atoms with Gasteiger partial charge in [0.05, 0.1) is 7.11 Å². The molecule has 0 fully saturated rings. The van der Waals surface area contributed by atoms with E-state index in [1.807, 2.05) is 0 Å². The molecule has 2 aromatic rings. The van der Waals surface area contributed by atoms with Crippen LogP contribution in [0.5, 0.6) is 5.75 Å². The maximum atomic E-state index is 14.6. The van der Waals surface area contributed by atoms with Crippen LogP contribution in [0.2, 0.25) is 0 Å². The first-order chi connectivity index (χ1) is 13.4. The van der Waals surface area contributed by atoms with Crippen LogP contribution in [0.3, 0.4) is 0 Å². The van der Waals surface area contributed by atoms with E-state index in [-0.39, 0.29) is 23.4 Å². The molecule has 1 atom stereocenters. The van der Waals surface area contributed by atoms with Crippen LogP contribution >= 0.6 is 0 Å². The molecule has 1 heterocycles. The Morgan fingerprint density at radius 3 is 2.41 bits per heavy atom. The molecule has 29 heavy (non-hydrogen) atoms. The Hall–Kier alpha value is -2.79. The largest absolute Gasteiger partial charge is 0.497 e. The van der Waals surface area contributed by atoms with Gasteiger partial charge in [-0.05, 0) is 25.5 Å². The molecule has 0 aliphatic carbocycles. The number of aryl methyl sites for hydroxylation is 1. The first-order valence-electron chi connectivity index (χ1n) is 8.32. The number of amides is 1. The minimum absolute atomic E-state index is 0.145. The number of nitrogens with one attached hydrogen (secondary N) is 1. The molecule has 8 nitrogen and oxygen atoms in total. The number of ether oxygens (including phenoxy) is 1. The zero-order valence-corrected chi connectivity index (χ0v) is 16.7. The molecular weight excluding hydrogens is 410 g/mol. The fourth-order valence-corrected chi connectivity index (χ4v) is 3.53. The summed E-state index contributed by atoms with van der Waals surface area (Å²) in [4.78, 5) is 24.2. The lowest BCUT2D eigenvalue weighted by Gasteiger charge is -2.25. The zero-order chi connectivity index (χ0) is 22.0. The molecule has 2 N–H and O–H groups in total. The van der Waals surface area contributed by atoms with Gasteiger partial charge in [0.25, 0.3) is 11.5 Å². The van der Waals surface area contributed by atoms with Crippen molar-refractivity contribution in [3.63, 3.8) is 0 Å². The van der Waals surface area contributed by atoms with Gasteiger partial charge in [-0.25, -0.2) is 22.7 Å². The van der Waals surface area contributed by atoms with Crippen molar-refractivity contribution in [3.8, 4) is 16.9 Å². The standard InChI is InChI=1S/C18H20F2N2O6S/c1-18(17(24)21-25,29(3,26)27)6-7-22-10-15(20)13(9-16(22)23)12-5-4-11(28-2)8-14(12)19/h4-5,8-10,25H,6-7H2,1-3H3,(H,21,24). The second-order valence-electron chi connectivity index (χ2n) is 6.61. The summed E-state index contributed by atoms with van der Waals surface area (Å²) in [6.07, 6.45) is 1.20. The maximum absolute atomic E-state index is 14.6. The Kier molecular flexibility index (Phi) is 6.43. The van der Waals surface area contributed by atoms with Crippen molar-refractivity contribution in [1.82, 2.24) is 10.0 Å². The van der Waals surface area contributed by atoms with Gasteiger partial charge in [0.1, 0.15) is 17.4 Å². The number of pyridine rings is 1. The molecule has 2 rings (SSSR count). The minimum Gasteiger partial charge on any atom is -0.497 e. The number of halogens is 2. The van der Waals surface area contributed by atoms with Crippen LogP contribution in [-0.4, -0.2) is 42.2 Å². The molecule has 11 heteroatoms. The van der Waals surface area contributed by atoms with Crippen LogP contribution < -0.4 is 15.8 Å². The fourth-order valence-electron chi connectivity index (χ4n) is 2.69. The molecule has 158 valence electrons. The summed E-state index contributed by atoms with van der Waals surface area (Å²) in [5.74, 6) is -2.65. The van der Waals surface area contributed by atoms with Crippen molar-refractivity contribution in [2.45, 2.75) is 24.6 Å². The second kappa shape index (κ2) is 8.29. The number of hydroxylamine groups is 1. The number of aromatic nitrogens is 1.